The van der Waals surface area contributed by atoms with Crippen LogP contribution >= 0.6 is 23.2 Å². The molecule has 0 fully saturated rings. The van der Waals surface area contributed by atoms with E-state index in [-0.39, 0.29) is 6.04 Å². The van der Waals surface area contributed by atoms with Gasteiger partial charge in [0.25, 0.3) is 0 Å². The van der Waals surface area contributed by atoms with Crippen molar-refractivity contribution in [2.75, 3.05) is 13.2 Å². The number of halogens is 2. The topological polar surface area (TPSA) is 21.3 Å². The zero-order valence-corrected chi connectivity index (χ0v) is 13.5. The molecule has 0 aliphatic carbocycles. The van der Waals surface area contributed by atoms with E-state index in [2.05, 4.69) is 12.2 Å². The summed E-state index contributed by atoms with van der Waals surface area (Å²) in [5.74, 6) is 0.912. The van der Waals surface area contributed by atoms with E-state index in [0.29, 0.717) is 16.7 Å². The molecule has 0 aliphatic rings. The van der Waals surface area contributed by atoms with Crippen molar-refractivity contribution < 1.29 is 4.74 Å². The number of ether oxygens (including phenoxy) is 1. The minimum Gasteiger partial charge on any atom is -0.494 e. The van der Waals surface area contributed by atoms with Crippen molar-refractivity contribution >= 4 is 23.2 Å². The number of nitrogens with one attached hydrogen (secondary N) is 1. The molecule has 4 heteroatoms. The van der Waals surface area contributed by atoms with Gasteiger partial charge in [-0.3, -0.25) is 0 Å². The van der Waals surface area contributed by atoms with Gasteiger partial charge in [0, 0.05) is 6.04 Å². The van der Waals surface area contributed by atoms with Crippen LogP contribution in [0.3, 0.4) is 0 Å². The predicted molar refractivity (Wildman–Crippen MR) is 89.4 cm³/mol. The molecule has 2 aromatic carbocycles. The van der Waals surface area contributed by atoms with Crippen molar-refractivity contribution in [3.8, 4) is 5.75 Å². The van der Waals surface area contributed by atoms with Crippen molar-refractivity contribution in [3.05, 3.63) is 64.1 Å². The van der Waals surface area contributed by atoms with Gasteiger partial charge in [0.2, 0.25) is 0 Å². The van der Waals surface area contributed by atoms with Gasteiger partial charge in [-0.2, -0.15) is 0 Å². The van der Waals surface area contributed by atoms with Crippen LogP contribution in [0.1, 0.15) is 24.9 Å². The van der Waals surface area contributed by atoms with Gasteiger partial charge in [0.15, 0.2) is 0 Å². The third-order valence-corrected chi connectivity index (χ3v) is 3.97. The molecule has 112 valence electrons. The number of hydrogen-bond donors (Lipinski definition) is 1. The van der Waals surface area contributed by atoms with E-state index < -0.39 is 0 Å². The van der Waals surface area contributed by atoms with Crippen LogP contribution in [0.25, 0.3) is 0 Å². The van der Waals surface area contributed by atoms with Crippen LogP contribution < -0.4 is 10.1 Å². The molecular formula is C17H19Cl2NO. The number of para-hydroxylation sites is 1. The molecule has 1 N–H and O–H groups in total. The molecule has 0 spiro atoms. The molecule has 2 nitrogen and oxygen atoms in total. The van der Waals surface area contributed by atoms with E-state index in [0.717, 1.165) is 24.3 Å². The Balaban J connectivity index is 1.69. The van der Waals surface area contributed by atoms with Crippen LogP contribution in [0.4, 0.5) is 0 Å². The fraction of sp³-hybridized carbons (Fsp3) is 0.294. The van der Waals surface area contributed by atoms with Crippen LogP contribution in [0.5, 0.6) is 5.75 Å². The molecule has 2 aromatic rings. The van der Waals surface area contributed by atoms with Crippen molar-refractivity contribution in [2.24, 2.45) is 0 Å². The fourth-order valence-electron chi connectivity index (χ4n) is 2.00. The zero-order valence-electron chi connectivity index (χ0n) is 12.0. The molecule has 0 aromatic heterocycles. The summed E-state index contributed by atoms with van der Waals surface area (Å²) in [5.41, 5.74) is 1.13. The van der Waals surface area contributed by atoms with Crippen LogP contribution in [-0.2, 0) is 0 Å². The first kappa shape index (κ1) is 16.2. The third kappa shape index (κ3) is 5.24. The first-order valence-electron chi connectivity index (χ1n) is 7.03. The molecule has 1 unspecified atom stereocenters. The largest absolute Gasteiger partial charge is 0.494 e. The molecule has 2 rings (SSSR count). The van der Waals surface area contributed by atoms with E-state index >= 15 is 0 Å². The van der Waals surface area contributed by atoms with Gasteiger partial charge < -0.3 is 10.1 Å². The van der Waals surface area contributed by atoms with E-state index in [9.17, 15) is 0 Å². The Hall–Kier alpha value is -1.22. The third-order valence-electron chi connectivity index (χ3n) is 3.23. The Morgan fingerprint density at radius 1 is 1.05 bits per heavy atom. The van der Waals surface area contributed by atoms with Gasteiger partial charge in [0.1, 0.15) is 5.75 Å². The molecular weight excluding hydrogens is 305 g/mol. The summed E-state index contributed by atoms with van der Waals surface area (Å²) < 4.78 is 5.65. The molecule has 1 atom stereocenters. The predicted octanol–water partition coefficient (Wildman–Crippen LogP) is 5.11. The maximum absolute atomic E-state index is 6.03. The average Bonchev–Trinajstić information content (AvgIpc) is 2.50. The molecule has 0 saturated carbocycles. The number of rotatable bonds is 7. The Morgan fingerprint density at radius 2 is 1.81 bits per heavy atom. The van der Waals surface area contributed by atoms with Gasteiger partial charge in [0.05, 0.1) is 16.7 Å². The van der Waals surface area contributed by atoms with Gasteiger partial charge in [-0.05, 0) is 49.7 Å². The highest BCUT2D eigenvalue weighted by molar-refractivity contribution is 6.42. The summed E-state index contributed by atoms with van der Waals surface area (Å²) >= 11 is 12.0. The Kier molecular flexibility index (Phi) is 6.37. The second-order valence-electron chi connectivity index (χ2n) is 4.86. The molecule has 0 saturated heterocycles. The highest BCUT2D eigenvalue weighted by atomic mass is 35.5. The van der Waals surface area contributed by atoms with Crippen LogP contribution in [0.2, 0.25) is 10.0 Å². The normalized spacial score (nSPS) is 12.1. The maximum atomic E-state index is 6.03. The van der Waals surface area contributed by atoms with E-state index in [1.54, 1.807) is 0 Å². The second kappa shape index (κ2) is 8.28. The summed E-state index contributed by atoms with van der Waals surface area (Å²) in [5, 5.41) is 4.63. The Labute approximate surface area is 136 Å². The SMILES string of the molecule is CC(NCCCOc1ccccc1)c1ccc(Cl)c(Cl)c1. The van der Waals surface area contributed by atoms with E-state index in [1.807, 2.05) is 48.5 Å². The van der Waals surface area contributed by atoms with Gasteiger partial charge >= 0.3 is 0 Å². The van der Waals surface area contributed by atoms with Gasteiger partial charge in [-0.15, -0.1) is 0 Å². The standard InChI is InChI=1S/C17H19Cl2NO/c1-13(14-8-9-16(18)17(19)12-14)20-10-5-11-21-15-6-3-2-4-7-15/h2-4,6-9,12-13,20H,5,10-11H2,1H3. The summed E-state index contributed by atoms with van der Waals surface area (Å²) in [6, 6.07) is 15.8. The smallest absolute Gasteiger partial charge is 0.119 e. The summed E-state index contributed by atoms with van der Waals surface area (Å²) in [6.07, 6.45) is 0.945. The van der Waals surface area contributed by atoms with Crippen LogP contribution in [0.15, 0.2) is 48.5 Å². The quantitative estimate of drug-likeness (QED) is 0.714. The maximum Gasteiger partial charge on any atom is 0.119 e. The minimum atomic E-state index is 0.233. The van der Waals surface area contributed by atoms with Crippen LogP contribution in [-0.4, -0.2) is 13.2 Å². The van der Waals surface area contributed by atoms with Crippen molar-refractivity contribution in [3.63, 3.8) is 0 Å². The van der Waals surface area contributed by atoms with Crippen molar-refractivity contribution in [1.82, 2.24) is 5.32 Å². The molecule has 0 radical (unpaired) electrons. The minimum absolute atomic E-state index is 0.233. The van der Waals surface area contributed by atoms with E-state index in [1.165, 1.54) is 0 Å². The first-order chi connectivity index (χ1) is 10.2. The number of hydrogen-bond acceptors (Lipinski definition) is 2. The zero-order chi connectivity index (χ0) is 15.1. The Bertz CT molecular complexity index is 560. The van der Waals surface area contributed by atoms with Gasteiger partial charge in [-0.1, -0.05) is 47.5 Å². The van der Waals surface area contributed by atoms with Crippen LogP contribution in [0, 0.1) is 0 Å². The highest BCUT2D eigenvalue weighted by Gasteiger charge is 2.06. The fourth-order valence-corrected chi connectivity index (χ4v) is 2.30. The average molecular weight is 324 g/mol. The van der Waals surface area contributed by atoms with Crippen molar-refractivity contribution in [2.45, 2.75) is 19.4 Å². The molecule has 0 bridgehead atoms. The lowest BCUT2D eigenvalue weighted by Gasteiger charge is -2.15. The second-order valence-corrected chi connectivity index (χ2v) is 5.68. The summed E-state index contributed by atoms with van der Waals surface area (Å²) in [7, 11) is 0. The lowest BCUT2D eigenvalue weighted by Crippen LogP contribution is -2.21. The lowest BCUT2D eigenvalue weighted by molar-refractivity contribution is 0.305. The summed E-state index contributed by atoms with van der Waals surface area (Å²) in [4.78, 5) is 0. The monoisotopic (exact) mass is 323 g/mol. The molecule has 0 aliphatic heterocycles. The van der Waals surface area contributed by atoms with Crippen molar-refractivity contribution in [1.29, 1.82) is 0 Å². The number of benzene rings is 2. The molecule has 0 heterocycles. The highest BCUT2D eigenvalue weighted by Crippen LogP contribution is 2.25. The van der Waals surface area contributed by atoms with E-state index in [4.69, 9.17) is 27.9 Å². The molecule has 0 amide bonds. The lowest BCUT2D eigenvalue weighted by atomic mass is 10.1. The van der Waals surface area contributed by atoms with Gasteiger partial charge in [-0.25, -0.2) is 0 Å². The first-order valence-corrected chi connectivity index (χ1v) is 7.78. The molecule has 21 heavy (non-hydrogen) atoms. The Morgan fingerprint density at radius 3 is 2.52 bits per heavy atom. The summed E-state index contributed by atoms with van der Waals surface area (Å²) in [6.45, 7) is 3.69.